The van der Waals surface area contributed by atoms with Gasteiger partial charge in [-0.1, -0.05) is 19.8 Å². The minimum atomic E-state index is 0.579. The number of ether oxygens (including phenoxy) is 1. The van der Waals surface area contributed by atoms with Crippen molar-refractivity contribution in [1.29, 1.82) is 0 Å². The fourth-order valence-corrected chi connectivity index (χ4v) is 2.74. The molecule has 0 aromatic carbocycles. The smallest absolute Gasteiger partial charge is 0.239 e. The molecule has 0 saturated heterocycles. The summed E-state index contributed by atoms with van der Waals surface area (Å²) < 4.78 is 5.62. The lowest BCUT2D eigenvalue weighted by molar-refractivity contribution is 0.307. The average molecular weight is 263 g/mol. The number of nitrogens with zero attached hydrogens (tertiary/aromatic N) is 2. The number of rotatable bonds is 6. The van der Waals surface area contributed by atoms with Crippen LogP contribution in [0.5, 0.6) is 5.88 Å². The van der Waals surface area contributed by atoms with Gasteiger partial charge in [-0.3, -0.25) is 0 Å². The molecule has 1 saturated carbocycles. The lowest BCUT2D eigenvalue weighted by atomic mass is 10.2. The van der Waals surface area contributed by atoms with Crippen molar-refractivity contribution in [3.8, 4) is 5.88 Å². The van der Waals surface area contributed by atoms with Gasteiger partial charge in [-0.15, -0.1) is 0 Å². The van der Waals surface area contributed by atoms with Gasteiger partial charge in [0.15, 0.2) is 0 Å². The zero-order valence-corrected chi connectivity index (χ0v) is 12.1. The van der Waals surface area contributed by atoms with Crippen molar-refractivity contribution in [2.75, 3.05) is 23.8 Å². The van der Waals surface area contributed by atoms with Crippen molar-refractivity contribution in [1.82, 2.24) is 4.98 Å². The van der Waals surface area contributed by atoms with E-state index in [4.69, 9.17) is 10.5 Å². The highest BCUT2D eigenvalue weighted by molar-refractivity contribution is 5.55. The van der Waals surface area contributed by atoms with Gasteiger partial charge in [0, 0.05) is 12.6 Å². The van der Waals surface area contributed by atoms with Gasteiger partial charge in [0.05, 0.1) is 12.3 Å². The first-order chi connectivity index (χ1) is 9.26. The van der Waals surface area contributed by atoms with Crippen LogP contribution in [-0.2, 0) is 0 Å². The Bertz CT molecular complexity index is 402. The lowest BCUT2D eigenvalue weighted by Crippen LogP contribution is -2.33. The van der Waals surface area contributed by atoms with Gasteiger partial charge in [0.2, 0.25) is 5.88 Å². The topological polar surface area (TPSA) is 51.4 Å². The van der Waals surface area contributed by atoms with Crippen LogP contribution in [0.3, 0.4) is 0 Å². The Balaban J connectivity index is 2.17. The maximum Gasteiger partial charge on any atom is 0.239 e. The van der Waals surface area contributed by atoms with E-state index in [2.05, 4.69) is 23.7 Å². The number of hydrogen-bond acceptors (Lipinski definition) is 4. The van der Waals surface area contributed by atoms with E-state index in [0.717, 1.165) is 18.8 Å². The molecule has 0 bridgehead atoms. The molecule has 0 amide bonds. The SMILES string of the molecule is CCCOc1nc(N(CC)C2CCCC2)ccc1N. The van der Waals surface area contributed by atoms with Gasteiger partial charge < -0.3 is 15.4 Å². The van der Waals surface area contributed by atoms with Crippen LogP contribution in [-0.4, -0.2) is 24.2 Å². The molecule has 0 aliphatic heterocycles. The molecule has 2 N–H and O–H groups in total. The maximum absolute atomic E-state index is 5.92. The molecular formula is C15H25N3O. The molecule has 4 heteroatoms. The van der Waals surface area contributed by atoms with Crippen molar-refractivity contribution in [3.05, 3.63) is 12.1 Å². The average Bonchev–Trinajstić information content (AvgIpc) is 2.94. The minimum Gasteiger partial charge on any atom is -0.476 e. The molecule has 0 spiro atoms. The molecule has 0 unspecified atom stereocenters. The monoisotopic (exact) mass is 263 g/mol. The lowest BCUT2D eigenvalue weighted by Gasteiger charge is -2.29. The standard InChI is InChI=1S/C15H25N3O/c1-3-11-19-15-13(16)9-10-14(17-15)18(4-2)12-7-5-6-8-12/h9-10,12H,3-8,11,16H2,1-2H3. The molecule has 0 atom stereocenters. The summed E-state index contributed by atoms with van der Waals surface area (Å²) >= 11 is 0. The summed E-state index contributed by atoms with van der Waals surface area (Å²) in [7, 11) is 0. The van der Waals surface area contributed by atoms with Crippen molar-refractivity contribution in [2.24, 2.45) is 0 Å². The zero-order chi connectivity index (χ0) is 13.7. The second-order valence-corrected chi connectivity index (χ2v) is 5.14. The van der Waals surface area contributed by atoms with Crippen LogP contribution in [0, 0.1) is 0 Å². The number of pyridine rings is 1. The van der Waals surface area contributed by atoms with Crippen LogP contribution >= 0.6 is 0 Å². The third kappa shape index (κ3) is 3.31. The fraction of sp³-hybridized carbons (Fsp3) is 0.667. The quantitative estimate of drug-likeness (QED) is 0.856. The van der Waals surface area contributed by atoms with Crippen LogP contribution in [0.4, 0.5) is 11.5 Å². The zero-order valence-electron chi connectivity index (χ0n) is 12.1. The second-order valence-electron chi connectivity index (χ2n) is 5.14. The van der Waals surface area contributed by atoms with Gasteiger partial charge in [-0.25, -0.2) is 0 Å². The van der Waals surface area contributed by atoms with Crippen molar-refractivity contribution in [3.63, 3.8) is 0 Å². The first-order valence-electron chi connectivity index (χ1n) is 7.42. The van der Waals surface area contributed by atoms with Crippen molar-refractivity contribution in [2.45, 2.75) is 52.0 Å². The molecule has 1 fully saturated rings. The van der Waals surface area contributed by atoms with Crippen LogP contribution < -0.4 is 15.4 Å². The highest BCUT2D eigenvalue weighted by atomic mass is 16.5. The van der Waals surface area contributed by atoms with Gasteiger partial charge in [0.25, 0.3) is 0 Å². The first kappa shape index (κ1) is 14.0. The number of nitrogens with two attached hydrogens (primary N) is 1. The van der Waals surface area contributed by atoms with E-state index in [1.165, 1.54) is 25.7 Å². The van der Waals surface area contributed by atoms with E-state index in [1.807, 2.05) is 12.1 Å². The highest BCUT2D eigenvalue weighted by Crippen LogP contribution is 2.29. The molecule has 4 nitrogen and oxygen atoms in total. The van der Waals surface area contributed by atoms with Gasteiger partial charge in [0.1, 0.15) is 5.82 Å². The predicted molar refractivity (Wildman–Crippen MR) is 79.7 cm³/mol. The Labute approximate surface area is 116 Å². The van der Waals surface area contributed by atoms with Gasteiger partial charge in [-0.05, 0) is 38.3 Å². The normalized spacial score (nSPS) is 15.7. The number of hydrogen-bond donors (Lipinski definition) is 1. The number of aromatic nitrogens is 1. The summed E-state index contributed by atoms with van der Waals surface area (Å²) in [5.41, 5.74) is 6.54. The summed E-state index contributed by atoms with van der Waals surface area (Å²) in [6.07, 6.45) is 6.16. The Hall–Kier alpha value is -1.45. The molecule has 2 rings (SSSR count). The van der Waals surface area contributed by atoms with Gasteiger partial charge in [-0.2, -0.15) is 4.98 Å². The summed E-state index contributed by atoms with van der Waals surface area (Å²) in [4.78, 5) is 6.98. The molecule has 1 aliphatic carbocycles. The summed E-state index contributed by atoms with van der Waals surface area (Å²) in [6.45, 7) is 5.91. The fourth-order valence-electron chi connectivity index (χ4n) is 2.74. The highest BCUT2D eigenvalue weighted by Gasteiger charge is 2.23. The van der Waals surface area contributed by atoms with Gasteiger partial charge >= 0.3 is 0 Å². The number of nitrogen functional groups attached to an aromatic ring is 1. The van der Waals surface area contributed by atoms with Crippen molar-refractivity contribution < 1.29 is 4.74 Å². The molecule has 19 heavy (non-hydrogen) atoms. The van der Waals surface area contributed by atoms with E-state index in [0.29, 0.717) is 24.2 Å². The van der Waals surface area contributed by atoms with Crippen LogP contribution in [0.25, 0.3) is 0 Å². The minimum absolute atomic E-state index is 0.579. The Kier molecular flexibility index (Phi) is 4.88. The molecule has 1 aromatic heterocycles. The van der Waals surface area contributed by atoms with E-state index in [-0.39, 0.29) is 0 Å². The first-order valence-corrected chi connectivity index (χ1v) is 7.42. The second kappa shape index (κ2) is 6.64. The summed E-state index contributed by atoms with van der Waals surface area (Å²) in [5, 5.41) is 0. The summed E-state index contributed by atoms with van der Waals surface area (Å²) in [5.74, 6) is 1.57. The third-order valence-electron chi connectivity index (χ3n) is 3.72. The van der Waals surface area contributed by atoms with Crippen LogP contribution in [0.1, 0.15) is 46.0 Å². The maximum atomic E-state index is 5.92. The van der Waals surface area contributed by atoms with Crippen molar-refractivity contribution >= 4 is 11.5 Å². The Morgan fingerprint density at radius 1 is 1.32 bits per heavy atom. The summed E-state index contributed by atoms with van der Waals surface area (Å²) in [6, 6.07) is 4.54. The molecule has 1 aromatic rings. The third-order valence-corrected chi connectivity index (χ3v) is 3.72. The van der Waals surface area contributed by atoms with Crippen LogP contribution in [0.2, 0.25) is 0 Å². The molecule has 106 valence electrons. The van der Waals surface area contributed by atoms with E-state index < -0.39 is 0 Å². The number of anilines is 2. The van der Waals surface area contributed by atoms with E-state index in [9.17, 15) is 0 Å². The van der Waals surface area contributed by atoms with E-state index >= 15 is 0 Å². The Morgan fingerprint density at radius 2 is 2.05 bits per heavy atom. The molecular weight excluding hydrogens is 238 g/mol. The molecule has 0 radical (unpaired) electrons. The van der Waals surface area contributed by atoms with E-state index in [1.54, 1.807) is 0 Å². The predicted octanol–water partition coefficient (Wildman–Crippen LogP) is 3.22. The molecule has 1 heterocycles. The largest absolute Gasteiger partial charge is 0.476 e. The molecule has 1 aliphatic rings. The van der Waals surface area contributed by atoms with Crippen LogP contribution in [0.15, 0.2) is 12.1 Å². The Morgan fingerprint density at radius 3 is 2.68 bits per heavy atom.